The first-order valence-corrected chi connectivity index (χ1v) is 5.00. The van der Waals surface area contributed by atoms with Gasteiger partial charge in [0.05, 0.1) is 6.17 Å². The molecule has 66 valence electrons. The first kappa shape index (κ1) is 8.92. The molecule has 0 spiro atoms. The molecular formula is C5H12N2O3S. The van der Waals surface area contributed by atoms with Gasteiger partial charge in [-0.1, -0.05) is 6.92 Å². The summed E-state index contributed by atoms with van der Waals surface area (Å²) in [6, 6.07) is 0. The second-order valence-corrected chi connectivity index (χ2v) is 4.14. The van der Waals surface area contributed by atoms with Crippen LogP contribution in [0.5, 0.6) is 0 Å². The van der Waals surface area contributed by atoms with E-state index in [1.807, 2.05) is 0 Å². The molecule has 1 saturated heterocycles. The van der Waals surface area contributed by atoms with E-state index in [-0.39, 0.29) is 6.17 Å². The van der Waals surface area contributed by atoms with Gasteiger partial charge < -0.3 is 0 Å². The smallest absolute Gasteiger partial charge is 0.281 e. The predicted molar refractivity (Wildman–Crippen MR) is 40.6 cm³/mol. The van der Waals surface area contributed by atoms with Crippen molar-refractivity contribution in [3.8, 4) is 0 Å². The molecule has 1 aliphatic rings. The van der Waals surface area contributed by atoms with Gasteiger partial charge in [0, 0.05) is 6.54 Å². The Kier molecular flexibility index (Phi) is 2.48. The fourth-order valence-electron chi connectivity index (χ4n) is 0.816. The van der Waals surface area contributed by atoms with E-state index in [1.54, 1.807) is 6.92 Å². The zero-order valence-electron chi connectivity index (χ0n) is 6.24. The van der Waals surface area contributed by atoms with Crippen LogP contribution in [0.15, 0.2) is 0 Å². The molecule has 0 bridgehead atoms. The molecule has 0 aliphatic carbocycles. The minimum atomic E-state index is -3.92. The first-order valence-electron chi connectivity index (χ1n) is 3.49. The van der Waals surface area contributed by atoms with Gasteiger partial charge in [-0.05, 0) is 6.42 Å². The maximum absolute atomic E-state index is 10.6. The van der Waals surface area contributed by atoms with Gasteiger partial charge >= 0.3 is 0 Å². The predicted octanol–water partition coefficient (Wildman–Crippen LogP) is -0.871. The number of hydrogen-bond donors (Lipinski definition) is 3. The molecule has 0 amide bonds. The van der Waals surface area contributed by atoms with Crippen LogP contribution in [-0.2, 0) is 10.1 Å². The van der Waals surface area contributed by atoms with Crippen molar-refractivity contribution in [2.45, 2.75) is 24.9 Å². The molecule has 0 aromatic heterocycles. The highest BCUT2D eigenvalue weighted by Gasteiger charge is 2.28. The van der Waals surface area contributed by atoms with Gasteiger partial charge in [0.15, 0.2) is 0 Å². The molecule has 3 N–H and O–H groups in total. The van der Waals surface area contributed by atoms with Crippen LogP contribution in [0, 0.1) is 0 Å². The highest BCUT2D eigenvalue weighted by atomic mass is 32.2. The molecule has 1 fully saturated rings. The second kappa shape index (κ2) is 3.06. The zero-order valence-corrected chi connectivity index (χ0v) is 7.06. The lowest BCUT2D eigenvalue weighted by molar-refractivity contribution is 0.443. The molecule has 0 aromatic carbocycles. The lowest BCUT2D eigenvalue weighted by Crippen LogP contribution is -2.38. The van der Waals surface area contributed by atoms with Gasteiger partial charge in [0.2, 0.25) is 0 Å². The van der Waals surface area contributed by atoms with Crippen molar-refractivity contribution in [1.29, 1.82) is 0 Å². The third-order valence-corrected chi connectivity index (χ3v) is 2.71. The van der Waals surface area contributed by atoms with Gasteiger partial charge in [-0.25, -0.2) is 0 Å². The Bertz CT molecular complexity index is 222. The highest BCUT2D eigenvalue weighted by molar-refractivity contribution is 7.86. The van der Waals surface area contributed by atoms with E-state index in [0.29, 0.717) is 6.42 Å². The molecule has 1 heterocycles. The van der Waals surface area contributed by atoms with Crippen LogP contribution in [0.1, 0.15) is 13.3 Å². The number of rotatable bonds is 4. The van der Waals surface area contributed by atoms with E-state index in [9.17, 15) is 8.42 Å². The summed E-state index contributed by atoms with van der Waals surface area (Å²) in [7, 11) is -3.92. The minimum Gasteiger partial charge on any atom is -0.298 e. The zero-order chi connectivity index (χ0) is 8.48. The van der Waals surface area contributed by atoms with Gasteiger partial charge in [0.1, 0.15) is 5.37 Å². The van der Waals surface area contributed by atoms with Crippen molar-refractivity contribution in [2.75, 3.05) is 6.54 Å². The average molecular weight is 180 g/mol. The second-order valence-electron chi connectivity index (χ2n) is 2.54. The third-order valence-electron chi connectivity index (χ3n) is 1.53. The highest BCUT2D eigenvalue weighted by Crippen LogP contribution is 2.03. The molecule has 1 aliphatic heterocycles. The van der Waals surface area contributed by atoms with Crippen LogP contribution in [0.2, 0.25) is 0 Å². The third kappa shape index (κ3) is 2.74. The summed E-state index contributed by atoms with van der Waals surface area (Å²) in [6.45, 7) is 2.47. The van der Waals surface area contributed by atoms with Crippen molar-refractivity contribution in [2.24, 2.45) is 0 Å². The van der Waals surface area contributed by atoms with E-state index < -0.39 is 15.5 Å². The average Bonchev–Trinajstić information content (AvgIpc) is 2.62. The SMILES string of the molecule is CCC(NC1CN1)S(=O)(=O)O. The van der Waals surface area contributed by atoms with E-state index in [1.165, 1.54) is 0 Å². The molecule has 5 nitrogen and oxygen atoms in total. The van der Waals surface area contributed by atoms with Crippen LogP contribution >= 0.6 is 0 Å². The Balaban J connectivity index is 2.48. The van der Waals surface area contributed by atoms with Crippen molar-refractivity contribution in [1.82, 2.24) is 10.6 Å². The number of hydrogen-bond acceptors (Lipinski definition) is 4. The Hall–Kier alpha value is -0.170. The van der Waals surface area contributed by atoms with Crippen LogP contribution in [0.3, 0.4) is 0 Å². The summed E-state index contributed by atoms with van der Waals surface area (Å²) < 4.78 is 29.8. The summed E-state index contributed by atoms with van der Waals surface area (Å²) in [4.78, 5) is 0. The van der Waals surface area contributed by atoms with Crippen LogP contribution in [0.25, 0.3) is 0 Å². The van der Waals surface area contributed by atoms with E-state index >= 15 is 0 Å². The van der Waals surface area contributed by atoms with Gasteiger partial charge in [-0.3, -0.25) is 15.2 Å². The fraction of sp³-hybridized carbons (Fsp3) is 1.00. The fourth-order valence-corrected chi connectivity index (χ4v) is 1.57. The van der Waals surface area contributed by atoms with Gasteiger partial charge in [0.25, 0.3) is 10.1 Å². The van der Waals surface area contributed by atoms with E-state index in [0.717, 1.165) is 6.54 Å². The quantitative estimate of drug-likeness (QED) is 0.386. The Labute approximate surface area is 65.9 Å². The maximum atomic E-state index is 10.6. The van der Waals surface area contributed by atoms with Crippen molar-refractivity contribution in [3.05, 3.63) is 0 Å². The standard InChI is InChI=1S/C5H12N2O3S/c1-2-5(11(8,9)10)7-4-3-6-4/h4-7H,2-3H2,1H3,(H,8,9,10). The summed E-state index contributed by atoms with van der Waals surface area (Å²) in [5.41, 5.74) is 0. The van der Waals surface area contributed by atoms with Crippen molar-refractivity contribution < 1.29 is 13.0 Å². The molecule has 0 radical (unpaired) electrons. The maximum Gasteiger partial charge on any atom is 0.281 e. The lowest BCUT2D eigenvalue weighted by Gasteiger charge is -2.11. The normalized spacial score (nSPS) is 26.5. The van der Waals surface area contributed by atoms with Crippen LogP contribution in [-0.4, -0.2) is 31.1 Å². The molecule has 6 heteroatoms. The molecule has 2 unspecified atom stereocenters. The first-order chi connectivity index (χ1) is 5.04. The van der Waals surface area contributed by atoms with Crippen molar-refractivity contribution >= 4 is 10.1 Å². The summed E-state index contributed by atoms with van der Waals surface area (Å²) in [5, 5.41) is 4.79. The lowest BCUT2D eigenvalue weighted by atomic mass is 10.5. The van der Waals surface area contributed by atoms with Crippen LogP contribution in [0.4, 0.5) is 0 Å². The largest absolute Gasteiger partial charge is 0.298 e. The summed E-state index contributed by atoms with van der Waals surface area (Å²) in [6.07, 6.45) is 0.429. The topological polar surface area (TPSA) is 88.3 Å². The molecule has 11 heavy (non-hydrogen) atoms. The van der Waals surface area contributed by atoms with Gasteiger partial charge in [-0.15, -0.1) is 0 Å². The van der Waals surface area contributed by atoms with E-state index in [2.05, 4.69) is 10.6 Å². The Morgan fingerprint density at radius 3 is 2.64 bits per heavy atom. The van der Waals surface area contributed by atoms with Crippen LogP contribution < -0.4 is 10.6 Å². The Morgan fingerprint density at radius 1 is 1.82 bits per heavy atom. The van der Waals surface area contributed by atoms with Crippen molar-refractivity contribution in [3.63, 3.8) is 0 Å². The molecule has 1 rings (SSSR count). The monoisotopic (exact) mass is 180 g/mol. The molecule has 0 aromatic rings. The molecule has 0 saturated carbocycles. The minimum absolute atomic E-state index is 0.0573. The summed E-state index contributed by atoms with van der Waals surface area (Å²) in [5.74, 6) is 0. The van der Waals surface area contributed by atoms with E-state index in [4.69, 9.17) is 4.55 Å². The summed E-state index contributed by atoms with van der Waals surface area (Å²) >= 11 is 0. The Morgan fingerprint density at radius 2 is 2.36 bits per heavy atom. The molecular weight excluding hydrogens is 168 g/mol. The van der Waals surface area contributed by atoms with Gasteiger partial charge in [-0.2, -0.15) is 8.42 Å². The molecule has 2 atom stereocenters. The number of nitrogens with one attached hydrogen (secondary N) is 2.